The highest BCUT2D eigenvalue weighted by atomic mass is 15.3. The number of piperazine rings is 1. The Bertz CT molecular complexity index is 501. The van der Waals surface area contributed by atoms with Crippen molar-refractivity contribution in [3.05, 3.63) is 29.8 Å². The molecule has 0 atom stereocenters. The molecule has 0 spiro atoms. The van der Waals surface area contributed by atoms with Crippen molar-refractivity contribution in [2.45, 2.75) is 44.9 Å². The van der Waals surface area contributed by atoms with Crippen LogP contribution < -0.4 is 4.90 Å². The molecule has 0 amide bonds. The average molecular weight is 311 g/mol. The summed E-state index contributed by atoms with van der Waals surface area (Å²) in [5, 5.41) is 8.90. The summed E-state index contributed by atoms with van der Waals surface area (Å²) in [4.78, 5) is 5.13. The molecule has 3 rings (SSSR count). The van der Waals surface area contributed by atoms with Crippen molar-refractivity contribution >= 4 is 5.69 Å². The first-order valence-corrected chi connectivity index (χ1v) is 9.32. The Hall–Kier alpha value is -1.53. The summed E-state index contributed by atoms with van der Waals surface area (Å²) < 4.78 is 0. The molecule has 3 heteroatoms. The van der Waals surface area contributed by atoms with Crippen molar-refractivity contribution in [1.82, 2.24) is 4.90 Å². The van der Waals surface area contributed by atoms with E-state index in [4.69, 9.17) is 5.26 Å². The number of hydrogen-bond acceptors (Lipinski definition) is 3. The van der Waals surface area contributed by atoms with Crippen LogP contribution in [0.15, 0.2) is 24.3 Å². The van der Waals surface area contributed by atoms with E-state index in [9.17, 15) is 0 Å². The zero-order valence-corrected chi connectivity index (χ0v) is 14.2. The molecule has 124 valence electrons. The first-order valence-electron chi connectivity index (χ1n) is 9.32. The molecule has 1 aliphatic heterocycles. The van der Waals surface area contributed by atoms with Crippen LogP contribution in [-0.4, -0.2) is 37.6 Å². The minimum absolute atomic E-state index is 0.747. The third-order valence-corrected chi connectivity index (χ3v) is 5.47. The third-order valence-electron chi connectivity index (χ3n) is 5.47. The van der Waals surface area contributed by atoms with Crippen LogP contribution in [0.25, 0.3) is 0 Å². The predicted octanol–water partition coefficient (Wildman–Crippen LogP) is 4.04. The number of benzene rings is 1. The van der Waals surface area contributed by atoms with E-state index in [1.165, 1.54) is 70.3 Å². The molecule has 2 fully saturated rings. The van der Waals surface area contributed by atoms with Gasteiger partial charge in [-0.2, -0.15) is 5.26 Å². The lowest BCUT2D eigenvalue weighted by Gasteiger charge is -2.38. The van der Waals surface area contributed by atoms with Crippen LogP contribution in [0.4, 0.5) is 5.69 Å². The lowest BCUT2D eigenvalue weighted by Crippen LogP contribution is -2.47. The second-order valence-corrected chi connectivity index (χ2v) is 7.16. The van der Waals surface area contributed by atoms with E-state index in [1.54, 1.807) is 0 Å². The molecule has 0 bridgehead atoms. The first-order chi connectivity index (χ1) is 11.3. The van der Waals surface area contributed by atoms with Crippen LogP contribution in [0.1, 0.15) is 50.5 Å². The fraction of sp³-hybridized carbons (Fsp3) is 0.650. The van der Waals surface area contributed by atoms with E-state index >= 15 is 0 Å². The van der Waals surface area contributed by atoms with Crippen LogP contribution in [0.2, 0.25) is 0 Å². The smallest absolute Gasteiger partial charge is 0.0991 e. The molecular formula is C20H29N3. The monoisotopic (exact) mass is 311 g/mol. The second kappa shape index (κ2) is 8.36. The maximum atomic E-state index is 8.90. The van der Waals surface area contributed by atoms with Gasteiger partial charge >= 0.3 is 0 Å². The zero-order chi connectivity index (χ0) is 15.9. The van der Waals surface area contributed by atoms with E-state index in [0.29, 0.717) is 0 Å². The Balaban J connectivity index is 1.46. The summed E-state index contributed by atoms with van der Waals surface area (Å²) >= 11 is 0. The van der Waals surface area contributed by atoms with Gasteiger partial charge in [0.2, 0.25) is 0 Å². The SMILES string of the molecule is N#Cc1ccc(N2CCN(CC3CCCCCCC3)CC2)cc1. The molecule has 1 aromatic rings. The van der Waals surface area contributed by atoms with Gasteiger partial charge in [-0.1, -0.05) is 32.1 Å². The molecule has 0 N–H and O–H groups in total. The molecule has 0 unspecified atom stereocenters. The Morgan fingerprint density at radius 2 is 1.48 bits per heavy atom. The van der Waals surface area contributed by atoms with E-state index in [0.717, 1.165) is 24.6 Å². The summed E-state index contributed by atoms with van der Waals surface area (Å²) in [6.07, 6.45) is 10.1. The Kier molecular flexibility index (Phi) is 5.93. The highest BCUT2D eigenvalue weighted by molar-refractivity contribution is 5.50. The number of anilines is 1. The molecule has 1 aliphatic carbocycles. The van der Waals surface area contributed by atoms with Gasteiger partial charge in [0.05, 0.1) is 11.6 Å². The van der Waals surface area contributed by atoms with Gasteiger partial charge in [-0.3, -0.25) is 4.90 Å². The third kappa shape index (κ3) is 4.72. The van der Waals surface area contributed by atoms with Gasteiger partial charge in [0.25, 0.3) is 0 Å². The summed E-state index contributed by atoms with van der Waals surface area (Å²) in [5.74, 6) is 0.928. The van der Waals surface area contributed by atoms with Gasteiger partial charge in [0.15, 0.2) is 0 Å². The molecule has 3 nitrogen and oxygen atoms in total. The molecule has 1 saturated heterocycles. The van der Waals surface area contributed by atoms with Crippen molar-refractivity contribution in [1.29, 1.82) is 5.26 Å². The number of hydrogen-bond donors (Lipinski definition) is 0. The lowest BCUT2D eigenvalue weighted by atomic mass is 9.90. The van der Waals surface area contributed by atoms with Crippen molar-refractivity contribution in [2.24, 2.45) is 5.92 Å². The second-order valence-electron chi connectivity index (χ2n) is 7.16. The Labute approximate surface area is 140 Å². The Morgan fingerprint density at radius 3 is 2.09 bits per heavy atom. The fourth-order valence-corrected chi connectivity index (χ4v) is 4.02. The van der Waals surface area contributed by atoms with Crippen LogP contribution in [0.5, 0.6) is 0 Å². The van der Waals surface area contributed by atoms with Crippen LogP contribution >= 0.6 is 0 Å². The summed E-state index contributed by atoms with van der Waals surface area (Å²) in [6.45, 7) is 5.88. The van der Waals surface area contributed by atoms with E-state index in [-0.39, 0.29) is 0 Å². The van der Waals surface area contributed by atoms with Gasteiger partial charge in [-0.25, -0.2) is 0 Å². The fourth-order valence-electron chi connectivity index (χ4n) is 4.02. The van der Waals surface area contributed by atoms with Gasteiger partial charge < -0.3 is 4.90 Å². The molecule has 1 saturated carbocycles. The molecule has 2 aliphatic rings. The van der Waals surface area contributed by atoms with Crippen molar-refractivity contribution in [2.75, 3.05) is 37.6 Å². The van der Waals surface area contributed by atoms with Crippen LogP contribution in [0, 0.1) is 17.2 Å². The van der Waals surface area contributed by atoms with Gasteiger partial charge in [0.1, 0.15) is 0 Å². The maximum Gasteiger partial charge on any atom is 0.0991 e. The molecular weight excluding hydrogens is 282 g/mol. The highest BCUT2D eigenvalue weighted by Gasteiger charge is 2.20. The van der Waals surface area contributed by atoms with E-state index in [1.807, 2.05) is 12.1 Å². The van der Waals surface area contributed by atoms with E-state index in [2.05, 4.69) is 28.0 Å². The predicted molar refractivity (Wildman–Crippen MR) is 95.6 cm³/mol. The van der Waals surface area contributed by atoms with Crippen molar-refractivity contribution < 1.29 is 0 Å². The summed E-state index contributed by atoms with van der Waals surface area (Å²) in [6, 6.07) is 10.2. The van der Waals surface area contributed by atoms with Gasteiger partial charge in [-0.05, 0) is 43.0 Å². The molecule has 1 aromatic carbocycles. The standard InChI is InChI=1S/C20H29N3/c21-16-18-8-10-20(11-9-18)23-14-12-22(13-15-23)17-19-6-4-2-1-3-5-7-19/h8-11,19H,1-7,12-15,17H2. The van der Waals surface area contributed by atoms with Gasteiger partial charge in [0, 0.05) is 38.4 Å². The highest BCUT2D eigenvalue weighted by Crippen LogP contribution is 2.24. The van der Waals surface area contributed by atoms with E-state index < -0.39 is 0 Å². The summed E-state index contributed by atoms with van der Waals surface area (Å²) in [5.41, 5.74) is 2.01. The van der Waals surface area contributed by atoms with Crippen molar-refractivity contribution in [3.8, 4) is 6.07 Å². The average Bonchev–Trinajstić information content (AvgIpc) is 2.58. The minimum atomic E-state index is 0.747. The van der Waals surface area contributed by atoms with Crippen LogP contribution in [0.3, 0.4) is 0 Å². The van der Waals surface area contributed by atoms with Crippen LogP contribution in [-0.2, 0) is 0 Å². The largest absolute Gasteiger partial charge is 0.369 e. The van der Waals surface area contributed by atoms with Gasteiger partial charge in [-0.15, -0.1) is 0 Å². The lowest BCUT2D eigenvalue weighted by molar-refractivity contribution is 0.199. The first kappa shape index (κ1) is 16.3. The topological polar surface area (TPSA) is 30.3 Å². The molecule has 1 heterocycles. The minimum Gasteiger partial charge on any atom is -0.369 e. The maximum absolute atomic E-state index is 8.90. The normalized spacial score (nSPS) is 21.4. The Morgan fingerprint density at radius 1 is 0.870 bits per heavy atom. The quantitative estimate of drug-likeness (QED) is 0.844. The number of nitriles is 1. The number of nitrogens with zero attached hydrogens (tertiary/aromatic N) is 3. The molecule has 0 aromatic heterocycles. The summed E-state index contributed by atoms with van der Waals surface area (Å²) in [7, 11) is 0. The van der Waals surface area contributed by atoms with Crippen molar-refractivity contribution in [3.63, 3.8) is 0 Å². The molecule has 0 radical (unpaired) electrons. The molecule has 23 heavy (non-hydrogen) atoms. The zero-order valence-electron chi connectivity index (χ0n) is 14.2. The number of rotatable bonds is 3.